The van der Waals surface area contributed by atoms with Crippen LogP contribution in [0.4, 0.5) is 0 Å². The largest absolute Gasteiger partial charge is 0.134 e. The second-order valence-electron chi connectivity index (χ2n) is 9.90. The van der Waals surface area contributed by atoms with E-state index >= 15 is 0 Å². The summed E-state index contributed by atoms with van der Waals surface area (Å²) in [5.41, 5.74) is 12.7. The highest BCUT2D eigenvalue weighted by Crippen LogP contribution is 2.44. The van der Waals surface area contributed by atoms with E-state index in [0.717, 1.165) is 0 Å². The number of thiophene rings is 2. The third-order valence-electron chi connectivity index (χ3n) is 7.20. The van der Waals surface area contributed by atoms with Gasteiger partial charge in [-0.2, -0.15) is 0 Å². The summed E-state index contributed by atoms with van der Waals surface area (Å²) in [5.74, 6) is 0. The van der Waals surface area contributed by atoms with E-state index in [2.05, 4.69) is 140 Å². The van der Waals surface area contributed by atoms with Crippen LogP contribution < -0.4 is 0 Å². The van der Waals surface area contributed by atoms with Crippen LogP contribution >= 0.6 is 22.7 Å². The normalized spacial score (nSPS) is 12.6. The van der Waals surface area contributed by atoms with Crippen LogP contribution in [0, 0.1) is 27.7 Å². The molecule has 2 aromatic carbocycles. The minimum atomic E-state index is 1.18. The van der Waals surface area contributed by atoms with E-state index in [0.29, 0.717) is 0 Å². The van der Waals surface area contributed by atoms with E-state index in [4.69, 9.17) is 0 Å². The first-order chi connectivity index (χ1) is 19.3. The van der Waals surface area contributed by atoms with Gasteiger partial charge in [-0.15, -0.1) is 22.7 Å². The lowest BCUT2D eigenvalue weighted by Crippen LogP contribution is -1.93. The van der Waals surface area contributed by atoms with Crippen molar-refractivity contribution in [3.05, 3.63) is 144 Å². The number of benzene rings is 2. The molecule has 0 aliphatic rings. The predicted octanol–water partition coefficient (Wildman–Crippen LogP) is 12.3. The van der Waals surface area contributed by atoms with E-state index in [1.165, 1.54) is 75.2 Å². The Morgan fingerprint density at radius 3 is 1.27 bits per heavy atom. The SMILES string of the molecule is C=C/C=C(\C=C/C)c1ccc(C)c(-c2ccc(-c3ccc(-c4c(C)ccc(C(/C=C\C)=C/C=C)c4C)s3)s2)c1C. The minimum absolute atomic E-state index is 1.18. The molecule has 0 radical (unpaired) electrons. The maximum absolute atomic E-state index is 3.92. The topological polar surface area (TPSA) is 0 Å². The van der Waals surface area contributed by atoms with Gasteiger partial charge in [0, 0.05) is 19.5 Å². The van der Waals surface area contributed by atoms with Crippen molar-refractivity contribution in [3.8, 4) is 30.6 Å². The highest BCUT2D eigenvalue weighted by atomic mass is 32.1. The molecule has 0 saturated heterocycles. The summed E-state index contributed by atoms with van der Waals surface area (Å²) in [6, 6.07) is 18.1. The standard InChI is InChI=1S/C38H38S2/c1-9-13-29(14-10-2)31-19-17-25(5)37(27(31)7)35-23-21-33(39-35)34-22-24-36(40-34)38-26(6)18-20-32(28(38)8)30(15-11-3)16-12-4/h9-24H,1,3H2,2,4-8H3/b14-10-,16-12-,29-13+,30-15+. The van der Waals surface area contributed by atoms with Gasteiger partial charge >= 0.3 is 0 Å². The van der Waals surface area contributed by atoms with Crippen molar-refractivity contribution in [1.82, 2.24) is 0 Å². The van der Waals surface area contributed by atoms with Crippen molar-refractivity contribution < 1.29 is 0 Å². The molecule has 4 aromatic rings. The molecule has 40 heavy (non-hydrogen) atoms. The molecule has 2 heterocycles. The molecule has 0 aliphatic carbocycles. The van der Waals surface area contributed by atoms with Gasteiger partial charge in [-0.1, -0.05) is 86.0 Å². The summed E-state index contributed by atoms with van der Waals surface area (Å²) in [5, 5.41) is 0. The molecule has 0 bridgehead atoms. The van der Waals surface area contributed by atoms with E-state index in [-0.39, 0.29) is 0 Å². The van der Waals surface area contributed by atoms with Crippen molar-refractivity contribution in [1.29, 1.82) is 0 Å². The molecular weight excluding hydrogens is 521 g/mol. The molecule has 0 spiro atoms. The van der Waals surface area contributed by atoms with Crippen LogP contribution in [0.3, 0.4) is 0 Å². The Labute approximate surface area is 248 Å². The van der Waals surface area contributed by atoms with Crippen molar-refractivity contribution >= 4 is 33.8 Å². The molecule has 0 aliphatic heterocycles. The van der Waals surface area contributed by atoms with E-state index in [1.807, 2.05) is 34.8 Å². The summed E-state index contributed by atoms with van der Waals surface area (Å²) >= 11 is 3.75. The molecule has 0 fully saturated rings. The van der Waals surface area contributed by atoms with Crippen LogP contribution in [0.1, 0.15) is 47.2 Å². The zero-order chi connectivity index (χ0) is 28.8. The zero-order valence-corrected chi connectivity index (χ0v) is 26.1. The summed E-state index contributed by atoms with van der Waals surface area (Å²) in [6.07, 6.45) is 16.4. The maximum atomic E-state index is 3.92. The van der Waals surface area contributed by atoms with Crippen molar-refractivity contribution in [2.24, 2.45) is 0 Å². The summed E-state index contributed by atoms with van der Waals surface area (Å²) in [6.45, 7) is 20.9. The maximum Gasteiger partial charge on any atom is 0.0449 e. The lowest BCUT2D eigenvalue weighted by molar-refractivity contribution is 1.36. The Balaban J connectivity index is 1.75. The Bertz CT molecular complexity index is 1550. The Morgan fingerprint density at radius 2 is 0.925 bits per heavy atom. The summed E-state index contributed by atoms with van der Waals surface area (Å²) < 4.78 is 0. The van der Waals surface area contributed by atoms with E-state index < -0.39 is 0 Å². The predicted molar refractivity (Wildman–Crippen MR) is 183 cm³/mol. The fraction of sp³-hybridized carbons (Fsp3) is 0.158. The number of rotatable bonds is 9. The lowest BCUT2D eigenvalue weighted by Gasteiger charge is -2.14. The highest BCUT2D eigenvalue weighted by molar-refractivity contribution is 7.25. The van der Waals surface area contributed by atoms with Crippen LogP contribution in [-0.4, -0.2) is 0 Å². The molecule has 202 valence electrons. The van der Waals surface area contributed by atoms with Crippen LogP contribution in [-0.2, 0) is 0 Å². The van der Waals surface area contributed by atoms with Gasteiger partial charge in [0.05, 0.1) is 0 Å². The number of hydrogen-bond donors (Lipinski definition) is 0. The average Bonchev–Trinajstić information content (AvgIpc) is 3.59. The van der Waals surface area contributed by atoms with Crippen molar-refractivity contribution in [2.75, 3.05) is 0 Å². The average molecular weight is 559 g/mol. The van der Waals surface area contributed by atoms with Crippen LogP contribution in [0.15, 0.2) is 110 Å². The first-order valence-electron chi connectivity index (χ1n) is 13.7. The fourth-order valence-corrected chi connectivity index (χ4v) is 7.81. The van der Waals surface area contributed by atoms with Crippen molar-refractivity contribution in [3.63, 3.8) is 0 Å². The van der Waals surface area contributed by atoms with Crippen molar-refractivity contribution in [2.45, 2.75) is 41.5 Å². The van der Waals surface area contributed by atoms with Gasteiger partial charge < -0.3 is 0 Å². The third kappa shape index (κ3) is 5.89. The molecule has 4 rings (SSSR count). The van der Waals surface area contributed by atoms with Gasteiger partial charge in [-0.25, -0.2) is 0 Å². The zero-order valence-electron chi connectivity index (χ0n) is 24.5. The first-order valence-corrected chi connectivity index (χ1v) is 15.3. The van der Waals surface area contributed by atoms with Gasteiger partial charge in [-0.3, -0.25) is 0 Å². The van der Waals surface area contributed by atoms with Crippen LogP contribution in [0.2, 0.25) is 0 Å². The third-order valence-corrected chi connectivity index (χ3v) is 9.60. The van der Waals surface area contributed by atoms with Crippen LogP contribution in [0.25, 0.3) is 41.8 Å². The lowest BCUT2D eigenvalue weighted by atomic mass is 9.92. The van der Waals surface area contributed by atoms with Crippen LogP contribution in [0.5, 0.6) is 0 Å². The first kappa shape index (κ1) is 29.3. The Kier molecular flexibility index (Phi) is 9.58. The fourth-order valence-electron chi connectivity index (χ4n) is 5.37. The quantitative estimate of drug-likeness (QED) is 0.179. The molecule has 0 unspecified atom stereocenters. The molecule has 2 aromatic heterocycles. The van der Waals surface area contributed by atoms with Gasteiger partial charge in [0.1, 0.15) is 0 Å². The van der Waals surface area contributed by atoms with E-state index in [1.54, 1.807) is 0 Å². The second kappa shape index (κ2) is 13.1. The van der Waals surface area contributed by atoms with E-state index in [9.17, 15) is 0 Å². The monoisotopic (exact) mass is 558 g/mol. The minimum Gasteiger partial charge on any atom is -0.134 e. The number of aryl methyl sites for hydroxylation is 2. The smallest absolute Gasteiger partial charge is 0.0449 e. The number of allylic oxidation sites excluding steroid dienone is 10. The van der Waals surface area contributed by atoms with Gasteiger partial charge in [0.25, 0.3) is 0 Å². The Morgan fingerprint density at radius 1 is 0.550 bits per heavy atom. The molecule has 0 nitrogen and oxygen atoms in total. The highest BCUT2D eigenvalue weighted by Gasteiger charge is 2.17. The Hall–Kier alpha value is -3.72. The van der Waals surface area contributed by atoms with Gasteiger partial charge in [0.2, 0.25) is 0 Å². The number of hydrogen-bond acceptors (Lipinski definition) is 2. The van der Waals surface area contributed by atoms with Gasteiger partial charge in [0.15, 0.2) is 0 Å². The summed E-state index contributed by atoms with van der Waals surface area (Å²) in [7, 11) is 0. The molecular formula is C38H38S2. The molecule has 0 N–H and O–H groups in total. The summed E-state index contributed by atoms with van der Waals surface area (Å²) in [4.78, 5) is 5.22. The molecule has 2 heteroatoms. The molecule has 0 amide bonds. The molecule has 0 atom stereocenters. The van der Waals surface area contributed by atoms with Gasteiger partial charge in [-0.05, 0) is 121 Å². The second-order valence-corrected chi connectivity index (χ2v) is 12.1. The molecule has 0 saturated carbocycles.